The van der Waals surface area contributed by atoms with E-state index in [1.165, 1.54) is 24.8 Å². The van der Waals surface area contributed by atoms with Crippen LogP contribution < -0.4 is 11.1 Å². The van der Waals surface area contributed by atoms with Gasteiger partial charge in [0.25, 0.3) is 0 Å². The Bertz CT molecular complexity index is 541. The zero-order valence-corrected chi connectivity index (χ0v) is 17.4. The van der Waals surface area contributed by atoms with Crippen molar-refractivity contribution in [3.8, 4) is 0 Å². The predicted octanol–water partition coefficient (Wildman–Crippen LogP) is 3.40. The summed E-state index contributed by atoms with van der Waals surface area (Å²) >= 11 is 0. The van der Waals surface area contributed by atoms with Gasteiger partial charge in [-0.3, -0.25) is 4.79 Å². The molecule has 0 heterocycles. The van der Waals surface area contributed by atoms with Crippen LogP contribution >= 0.6 is 24.8 Å². The summed E-state index contributed by atoms with van der Waals surface area (Å²) in [4.78, 5) is 14.9. The monoisotopic (exact) mass is 401 g/mol. The highest BCUT2D eigenvalue weighted by Gasteiger charge is 2.40. The molecule has 1 aromatic carbocycles. The molecule has 0 aromatic heterocycles. The van der Waals surface area contributed by atoms with Gasteiger partial charge in [0.1, 0.15) is 0 Å². The second-order valence-corrected chi connectivity index (χ2v) is 7.83. The number of halogens is 2. The summed E-state index contributed by atoms with van der Waals surface area (Å²) in [5.41, 5.74) is 7.59. The van der Waals surface area contributed by atoms with Crippen LogP contribution in [0, 0.1) is 17.8 Å². The number of hydrogen-bond acceptors (Lipinski definition) is 3. The predicted molar refractivity (Wildman–Crippen MR) is 112 cm³/mol. The highest BCUT2D eigenvalue weighted by molar-refractivity contribution is 5.85. The van der Waals surface area contributed by atoms with Crippen molar-refractivity contribution in [1.82, 2.24) is 10.2 Å². The van der Waals surface area contributed by atoms with Crippen LogP contribution in [0.2, 0.25) is 0 Å². The van der Waals surface area contributed by atoms with E-state index in [4.69, 9.17) is 5.73 Å². The average Bonchev–Trinajstić information content (AvgIpc) is 2.55. The van der Waals surface area contributed by atoms with E-state index in [0.717, 1.165) is 12.8 Å². The molecule has 4 nitrogen and oxygen atoms in total. The third kappa shape index (κ3) is 5.35. The Balaban J connectivity index is 0.00000169. The maximum atomic E-state index is 12.7. The van der Waals surface area contributed by atoms with Crippen LogP contribution in [-0.2, 0) is 4.79 Å². The quantitative estimate of drug-likeness (QED) is 0.794. The zero-order valence-electron chi connectivity index (χ0n) is 15.8. The minimum atomic E-state index is 0. The normalized spacial score (nSPS) is 28.5. The van der Waals surface area contributed by atoms with Crippen LogP contribution in [0.5, 0.6) is 0 Å². The van der Waals surface area contributed by atoms with Crippen LogP contribution in [0.1, 0.15) is 43.7 Å². The van der Waals surface area contributed by atoms with E-state index in [-0.39, 0.29) is 42.7 Å². The van der Waals surface area contributed by atoms with Crippen LogP contribution in [0.15, 0.2) is 30.3 Å². The second kappa shape index (κ2) is 10.5. The van der Waals surface area contributed by atoms with E-state index in [0.29, 0.717) is 24.4 Å². The van der Waals surface area contributed by atoms with Gasteiger partial charge in [-0.2, -0.15) is 0 Å². The molecule has 0 saturated heterocycles. The minimum absolute atomic E-state index is 0. The molecule has 0 aliphatic heterocycles. The average molecular weight is 402 g/mol. The number of hydrogen-bond donors (Lipinski definition) is 2. The first-order chi connectivity index (χ1) is 11.6. The van der Waals surface area contributed by atoms with Gasteiger partial charge in [-0.15, -0.1) is 24.8 Å². The lowest BCUT2D eigenvalue weighted by Gasteiger charge is -2.43. The third-order valence-electron chi connectivity index (χ3n) is 6.06. The molecule has 26 heavy (non-hydrogen) atoms. The molecule has 1 aromatic rings. The van der Waals surface area contributed by atoms with Gasteiger partial charge in [0.15, 0.2) is 0 Å². The lowest BCUT2D eigenvalue weighted by molar-refractivity contribution is -0.128. The van der Waals surface area contributed by atoms with E-state index >= 15 is 0 Å². The fraction of sp³-hybridized carbons (Fsp3) is 0.650. The molecule has 148 valence electrons. The van der Waals surface area contributed by atoms with Gasteiger partial charge in [0, 0.05) is 18.5 Å². The summed E-state index contributed by atoms with van der Waals surface area (Å²) < 4.78 is 0. The summed E-state index contributed by atoms with van der Waals surface area (Å²) in [5, 5.41) is 3.22. The topological polar surface area (TPSA) is 58.4 Å². The third-order valence-corrected chi connectivity index (χ3v) is 6.06. The van der Waals surface area contributed by atoms with Gasteiger partial charge in [0.2, 0.25) is 5.91 Å². The van der Waals surface area contributed by atoms with Gasteiger partial charge in [-0.05, 0) is 57.2 Å². The van der Waals surface area contributed by atoms with Gasteiger partial charge in [-0.25, -0.2) is 0 Å². The van der Waals surface area contributed by atoms with Crippen LogP contribution in [0.3, 0.4) is 0 Å². The Morgan fingerprint density at radius 3 is 2.27 bits per heavy atom. The molecule has 2 fully saturated rings. The Morgan fingerprint density at radius 1 is 1.15 bits per heavy atom. The maximum Gasteiger partial charge on any atom is 0.223 e. The molecule has 0 spiro atoms. The number of likely N-dealkylation sites (N-methyl/N-ethyl adjacent to an activating group) is 1. The SMILES string of the molecule is CN(C)C(CNC(=O)C1CC2CCCC(C1)C2N)c1ccccc1.Cl.Cl. The Morgan fingerprint density at radius 2 is 1.73 bits per heavy atom. The smallest absolute Gasteiger partial charge is 0.223 e. The number of benzene rings is 1. The van der Waals surface area contributed by atoms with E-state index in [1.54, 1.807) is 0 Å². The van der Waals surface area contributed by atoms with Gasteiger partial charge in [0.05, 0.1) is 6.04 Å². The molecule has 2 bridgehead atoms. The van der Waals surface area contributed by atoms with Crippen molar-refractivity contribution in [1.29, 1.82) is 0 Å². The van der Waals surface area contributed by atoms with E-state index in [2.05, 4.69) is 48.6 Å². The molecule has 3 rings (SSSR count). The second-order valence-electron chi connectivity index (χ2n) is 7.83. The van der Waals surface area contributed by atoms with E-state index in [1.807, 2.05) is 6.07 Å². The molecule has 1 amide bonds. The molecule has 2 aliphatic rings. The number of carbonyl (C=O) groups excluding carboxylic acids is 1. The van der Waals surface area contributed by atoms with Crippen molar-refractivity contribution in [2.24, 2.45) is 23.5 Å². The zero-order chi connectivity index (χ0) is 17.1. The van der Waals surface area contributed by atoms with Crippen LogP contribution in [0.4, 0.5) is 0 Å². The van der Waals surface area contributed by atoms with Crippen molar-refractivity contribution >= 4 is 30.7 Å². The first-order valence-corrected chi connectivity index (χ1v) is 9.31. The summed E-state index contributed by atoms with van der Waals surface area (Å²) in [7, 11) is 4.13. The van der Waals surface area contributed by atoms with Gasteiger partial charge >= 0.3 is 0 Å². The Labute approximate surface area is 170 Å². The number of rotatable bonds is 5. The molecular formula is C20H33Cl2N3O. The number of amides is 1. The molecule has 3 N–H and O–H groups in total. The molecule has 3 atom stereocenters. The molecule has 2 aliphatic carbocycles. The molecule has 6 heteroatoms. The molecule has 0 radical (unpaired) electrons. The summed E-state index contributed by atoms with van der Waals surface area (Å²) in [6, 6.07) is 10.9. The highest BCUT2D eigenvalue weighted by Crippen LogP contribution is 2.41. The lowest BCUT2D eigenvalue weighted by Crippen LogP contribution is -2.49. The van der Waals surface area contributed by atoms with E-state index < -0.39 is 0 Å². The number of nitrogens with one attached hydrogen (secondary N) is 1. The number of carbonyl (C=O) groups is 1. The van der Waals surface area contributed by atoms with E-state index in [9.17, 15) is 4.79 Å². The fourth-order valence-electron chi connectivity index (χ4n) is 4.62. The number of nitrogens with zero attached hydrogens (tertiary/aromatic N) is 1. The molecule has 3 unspecified atom stereocenters. The first-order valence-electron chi connectivity index (χ1n) is 9.31. The van der Waals surface area contributed by atoms with Gasteiger partial charge < -0.3 is 16.0 Å². The Hall–Kier alpha value is -0.810. The van der Waals surface area contributed by atoms with Crippen molar-refractivity contribution in [2.75, 3.05) is 20.6 Å². The number of nitrogens with two attached hydrogens (primary N) is 1. The molecular weight excluding hydrogens is 369 g/mol. The highest BCUT2D eigenvalue weighted by atomic mass is 35.5. The first kappa shape index (κ1) is 23.2. The van der Waals surface area contributed by atoms with Gasteiger partial charge in [-0.1, -0.05) is 36.8 Å². The van der Waals surface area contributed by atoms with Crippen molar-refractivity contribution in [2.45, 2.75) is 44.2 Å². The van der Waals surface area contributed by atoms with Crippen molar-refractivity contribution in [3.63, 3.8) is 0 Å². The maximum absolute atomic E-state index is 12.7. The fourth-order valence-corrected chi connectivity index (χ4v) is 4.62. The number of fused-ring (bicyclic) bond motifs is 2. The molecule has 2 saturated carbocycles. The van der Waals surface area contributed by atoms with Crippen LogP contribution in [-0.4, -0.2) is 37.5 Å². The standard InChI is InChI=1S/C20H31N3O.2ClH/c1-23(2)18(14-7-4-3-5-8-14)13-22-20(24)17-11-15-9-6-10-16(12-17)19(15)21;;/h3-5,7-8,15-19H,6,9-13,21H2,1-2H3,(H,22,24);2*1H. The largest absolute Gasteiger partial charge is 0.354 e. The lowest BCUT2D eigenvalue weighted by atomic mass is 9.65. The minimum Gasteiger partial charge on any atom is -0.354 e. The summed E-state index contributed by atoms with van der Waals surface area (Å²) in [6.45, 7) is 0.660. The van der Waals surface area contributed by atoms with Crippen LogP contribution in [0.25, 0.3) is 0 Å². The Kier molecular flexibility index (Phi) is 9.39. The summed E-state index contributed by atoms with van der Waals surface area (Å²) in [5.74, 6) is 1.47. The summed E-state index contributed by atoms with van der Waals surface area (Å²) in [6.07, 6.45) is 5.63. The van der Waals surface area contributed by atoms with Crippen molar-refractivity contribution < 1.29 is 4.79 Å². The van der Waals surface area contributed by atoms with Crippen molar-refractivity contribution in [3.05, 3.63) is 35.9 Å².